The molecule has 0 aliphatic heterocycles. The van der Waals surface area contributed by atoms with E-state index in [9.17, 15) is 18.0 Å². The molecular weight excluding hydrogens is 247 g/mol. The van der Waals surface area contributed by atoms with Crippen molar-refractivity contribution in [1.29, 1.82) is 0 Å². The number of alkyl halides is 2. The molecule has 1 rings (SSSR count). The molecule has 16 heavy (non-hydrogen) atoms. The molecule has 88 valence electrons. The van der Waals surface area contributed by atoms with E-state index < -0.39 is 36.2 Å². The lowest BCUT2D eigenvalue weighted by Gasteiger charge is -2.15. The van der Waals surface area contributed by atoms with E-state index in [1.54, 1.807) is 0 Å². The SMILES string of the molecule is O=C(O)CC(c1c(Cl)ccnc1F)C(F)F. The number of aliphatic carboxylic acids is 1. The molecule has 1 N–H and O–H groups in total. The summed E-state index contributed by atoms with van der Waals surface area (Å²) in [6.45, 7) is 0. The van der Waals surface area contributed by atoms with E-state index in [0.29, 0.717) is 0 Å². The summed E-state index contributed by atoms with van der Waals surface area (Å²) in [5.74, 6) is -4.41. The molecule has 0 saturated heterocycles. The largest absolute Gasteiger partial charge is 0.481 e. The highest BCUT2D eigenvalue weighted by molar-refractivity contribution is 6.31. The highest BCUT2D eigenvalue weighted by atomic mass is 35.5. The zero-order valence-electron chi connectivity index (χ0n) is 7.83. The number of carbonyl (C=O) groups is 1. The smallest absolute Gasteiger partial charge is 0.304 e. The van der Waals surface area contributed by atoms with Crippen LogP contribution in [-0.2, 0) is 4.79 Å². The van der Waals surface area contributed by atoms with Gasteiger partial charge in [0.2, 0.25) is 12.4 Å². The van der Waals surface area contributed by atoms with E-state index in [-0.39, 0.29) is 5.02 Å². The highest BCUT2D eigenvalue weighted by Crippen LogP contribution is 2.33. The van der Waals surface area contributed by atoms with Crippen LogP contribution >= 0.6 is 11.6 Å². The molecule has 1 unspecified atom stereocenters. The maximum atomic E-state index is 13.2. The van der Waals surface area contributed by atoms with Crippen LogP contribution in [0.15, 0.2) is 12.3 Å². The molecule has 1 heterocycles. The molecule has 0 bridgehead atoms. The molecule has 0 aliphatic rings. The van der Waals surface area contributed by atoms with Crippen molar-refractivity contribution >= 4 is 17.6 Å². The van der Waals surface area contributed by atoms with Crippen molar-refractivity contribution in [2.75, 3.05) is 0 Å². The molecule has 0 aliphatic carbocycles. The molecule has 7 heteroatoms. The second-order valence-electron chi connectivity index (χ2n) is 3.04. The third-order valence-electron chi connectivity index (χ3n) is 1.96. The fourth-order valence-electron chi connectivity index (χ4n) is 1.26. The molecule has 0 aromatic carbocycles. The highest BCUT2D eigenvalue weighted by Gasteiger charge is 2.30. The number of nitrogens with zero attached hydrogens (tertiary/aromatic N) is 1. The molecule has 1 atom stereocenters. The number of halogens is 4. The van der Waals surface area contributed by atoms with Gasteiger partial charge in [-0.15, -0.1) is 0 Å². The summed E-state index contributed by atoms with van der Waals surface area (Å²) >= 11 is 5.55. The monoisotopic (exact) mass is 253 g/mol. The minimum Gasteiger partial charge on any atom is -0.481 e. The van der Waals surface area contributed by atoms with Gasteiger partial charge >= 0.3 is 5.97 Å². The number of aromatic nitrogens is 1. The first-order valence-electron chi connectivity index (χ1n) is 4.23. The summed E-state index contributed by atoms with van der Waals surface area (Å²) in [7, 11) is 0. The van der Waals surface area contributed by atoms with Crippen molar-refractivity contribution in [3.05, 3.63) is 28.8 Å². The summed E-state index contributed by atoms with van der Waals surface area (Å²) in [4.78, 5) is 13.6. The molecule has 0 saturated carbocycles. The summed E-state index contributed by atoms with van der Waals surface area (Å²) < 4.78 is 38.4. The predicted molar refractivity (Wildman–Crippen MR) is 50.2 cm³/mol. The lowest BCUT2D eigenvalue weighted by atomic mass is 9.97. The van der Waals surface area contributed by atoms with Crippen molar-refractivity contribution in [1.82, 2.24) is 4.98 Å². The van der Waals surface area contributed by atoms with Crippen LogP contribution < -0.4 is 0 Å². The minimum atomic E-state index is -3.02. The topological polar surface area (TPSA) is 50.2 Å². The van der Waals surface area contributed by atoms with Crippen LogP contribution in [0.3, 0.4) is 0 Å². The van der Waals surface area contributed by atoms with Crippen LogP contribution in [0.2, 0.25) is 5.02 Å². The third-order valence-corrected chi connectivity index (χ3v) is 2.29. The Labute approximate surface area is 93.9 Å². The van der Waals surface area contributed by atoms with E-state index in [1.165, 1.54) is 0 Å². The van der Waals surface area contributed by atoms with Crippen molar-refractivity contribution in [3.8, 4) is 0 Å². The van der Waals surface area contributed by atoms with Crippen LogP contribution in [0.4, 0.5) is 13.2 Å². The van der Waals surface area contributed by atoms with Gasteiger partial charge in [0.25, 0.3) is 0 Å². The van der Waals surface area contributed by atoms with E-state index in [0.717, 1.165) is 12.3 Å². The number of carboxylic acid groups (broad SMARTS) is 1. The van der Waals surface area contributed by atoms with Crippen LogP contribution in [0, 0.1) is 5.95 Å². The first kappa shape index (κ1) is 12.8. The summed E-state index contributed by atoms with van der Waals surface area (Å²) in [5.41, 5.74) is -0.554. The van der Waals surface area contributed by atoms with E-state index in [4.69, 9.17) is 16.7 Å². The average molecular weight is 254 g/mol. The zero-order valence-corrected chi connectivity index (χ0v) is 8.59. The van der Waals surface area contributed by atoms with Crippen LogP contribution in [0.1, 0.15) is 17.9 Å². The third kappa shape index (κ3) is 2.85. The van der Waals surface area contributed by atoms with Gasteiger partial charge < -0.3 is 5.11 Å². The predicted octanol–water partition coefficient (Wildman–Crippen LogP) is 2.70. The molecule has 0 radical (unpaired) electrons. The Bertz CT molecular complexity index is 380. The molecule has 3 nitrogen and oxygen atoms in total. The van der Waals surface area contributed by atoms with Gasteiger partial charge in [-0.05, 0) is 6.07 Å². The van der Waals surface area contributed by atoms with Gasteiger partial charge in [0.1, 0.15) is 0 Å². The van der Waals surface area contributed by atoms with Crippen molar-refractivity contribution in [2.45, 2.75) is 18.8 Å². The fourth-order valence-corrected chi connectivity index (χ4v) is 1.54. The summed E-state index contributed by atoms with van der Waals surface area (Å²) in [6.07, 6.45) is -2.91. The quantitative estimate of drug-likeness (QED) is 0.840. The second-order valence-corrected chi connectivity index (χ2v) is 3.44. The lowest BCUT2D eigenvalue weighted by molar-refractivity contribution is -0.138. The maximum Gasteiger partial charge on any atom is 0.304 e. The Morgan fingerprint density at radius 1 is 1.56 bits per heavy atom. The van der Waals surface area contributed by atoms with Gasteiger partial charge in [0, 0.05) is 11.8 Å². The van der Waals surface area contributed by atoms with E-state index in [1.807, 2.05) is 0 Å². The molecule has 0 spiro atoms. The van der Waals surface area contributed by atoms with E-state index in [2.05, 4.69) is 4.98 Å². The summed E-state index contributed by atoms with van der Waals surface area (Å²) in [6, 6.07) is 1.14. The number of hydrogen-bond donors (Lipinski definition) is 1. The average Bonchev–Trinajstić information content (AvgIpc) is 2.15. The van der Waals surface area contributed by atoms with Gasteiger partial charge in [-0.2, -0.15) is 4.39 Å². The Kier molecular flexibility index (Phi) is 4.12. The van der Waals surface area contributed by atoms with Gasteiger partial charge in [0.05, 0.1) is 17.4 Å². The molecular formula is C9H7ClF3NO2. The zero-order chi connectivity index (χ0) is 12.3. The standard InChI is InChI=1S/C9H7ClF3NO2/c10-5-1-2-14-9(13)7(5)4(8(11)12)3-6(15)16/h1-2,4,8H,3H2,(H,15,16). The number of hydrogen-bond acceptors (Lipinski definition) is 2. The Hall–Kier alpha value is -1.30. The molecule has 0 fully saturated rings. The van der Waals surface area contributed by atoms with Gasteiger partial charge in [-0.1, -0.05) is 11.6 Å². The van der Waals surface area contributed by atoms with Crippen molar-refractivity contribution < 1.29 is 23.1 Å². The van der Waals surface area contributed by atoms with Crippen LogP contribution in [0.25, 0.3) is 0 Å². The van der Waals surface area contributed by atoms with Crippen molar-refractivity contribution in [3.63, 3.8) is 0 Å². The molecule has 0 amide bonds. The number of carboxylic acids is 1. The minimum absolute atomic E-state index is 0.251. The maximum absolute atomic E-state index is 13.2. The fraction of sp³-hybridized carbons (Fsp3) is 0.333. The lowest BCUT2D eigenvalue weighted by Crippen LogP contribution is -2.16. The first-order valence-corrected chi connectivity index (χ1v) is 4.61. The Morgan fingerprint density at radius 3 is 2.62 bits per heavy atom. The second kappa shape index (κ2) is 5.16. The first-order chi connectivity index (χ1) is 7.43. The summed E-state index contributed by atoms with van der Waals surface area (Å²) in [5, 5.41) is 8.21. The number of pyridine rings is 1. The molecule has 1 aromatic rings. The number of rotatable bonds is 4. The van der Waals surface area contributed by atoms with Crippen LogP contribution in [0.5, 0.6) is 0 Å². The van der Waals surface area contributed by atoms with Gasteiger partial charge in [0.15, 0.2) is 0 Å². The Balaban J connectivity index is 3.15. The molecule has 1 aromatic heterocycles. The van der Waals surface area contributed by atoms with Gasteiger partial charge in [-0.3, -0.25) is 4.79 Å². The normalized spacial score (nSPS) is 12.8. The van der Waals surface area contributed by atoms with Crippen LogP contribution in [-0.4, -0.2) is 22.5 Å². The van der Waals surface area contributed by atoms with Gasteiger partial charge in [-0.25, -0.2) is 13.8 Å². The Morgan fingerprint density at radius 2 is 2.19 bits per heavy atom. The van der Waals surface area contributed by atoms with E-state index >= 15 is 0 Å². The van der Waals surface area contributed by atoms with Crippen molar-refractivity contribution in [2.24, 2.45) is 0 Å².